The van der Waals surface area contributed by atoms with Gasteiger partial charge in [0.05, 0.1) is 11.1 Å². The number of benzene rings is 2. The van der Waals surface area contributed by atoms with E-state index in [0.29, 0.717) is 26.6 Å². The molecule has 168 valence electrons. The van der Waals surface area contributed by atoms with Gasteiger partial charge in [0.2, 0.25) is 5.91 Å². The van der Waals surface area contributed by atoms with E-state index in [1.54, 1.807) is 36.4 Å². The highest BCUT2D eigenvalue weighted by Crippen LogP contribution is 2.34. The molecule has 1 aliphatic carbocycles. The molecule has 0 aliphatic heterocycles. The second-order valence-corrected chi connectivity index (χ2v) is 10.4. The first kappa shape index (κ1) is 22.1. The quantitative estimate of drug-likeness (QED) is 0.386. The number of nitrogens with one attached hydrogen (secondary N) is 1. The average molecular weight is 545 g/mol. The van der Waals surface area contributed by atoms with E-state index in [1.165, 1.54) is 15.9 Å². The van der Waals surface area contributed by atoms with E-state index in [9.17, 15) is 14.4 Å². The molecular formula is C24H19BrClN3O3S. The van der Waals surface area contributed by atoms with Gasteiger partial charge in [-0.25, -0.2) is 9.36 Å². The Morgan fingerprint density at radius 3 is 2.61 bits per heavy atom. The number of nitrogens with zero attached hydrogens (tertiary/aromatic N) is 2. The topological polar surface area (TPSA) is 73.1 Å². The molecule has 4 aromatic rings. The number of aryl methyl sites for hydroxylation is 2. The van der Waals surface area contributed by atoms with E-state index >= 15 is 0 Å². The van der Waals surface area contributed by atoms with Crippen molar-refractivity contribution < 1.29 is 4.79 Å². The van der Waals surface area contributed by atoms with E-state index in [-0.39, 0.29) is 18.0 Å². The van der Waals surface area contributed by atoms with Crippen LogP contribution >= 0.6 is 38.9 Å². The van der Waals surface area contributed by atoms with Crippen LogP contribution in [0.1, 0.15) is 23.3 Å². The number of thiophene rings is 1. The second kappa shape index (κ2) is 8.93. The molecule has 0 saturated carbocycles. The van der Waals surface area contributed by atoms with Crippen LogP contribution in [0.3, 0.4) is 0 Å². The van der Waals surface area contributed by atoms with Crippen molar-refractivity contribution in [3.05, 3.63) is 89.3 Å². The molecule has 0 unspecified atom stereocenters. The second-order valence-electron chi connectivity index (χ2n) is 7.94. The summed E-state index contributed by atoms with van der Waals surface area (Å²) in [5.74, 6) is -0.344. The number of amides is 1. The maximum Gasteiger partial charge on any atom is 0.337 e. The number of hydrogen-bond acceptors (Lipinski definition) is 4. The van der Waals surface area contributed by atoms with Gasteiger partial charge in [0.1, 0.15) is 11.4 Å². The van der Waals surface area contributed by atoms with Gasteiger partial charge in [-0.05, 0) is 73.7 Å². The minimum Gasteiger partial charge on any atom is -0.325 e. The van der Waals surface area contributed by atoms with Crippen molar-refractivity contribution in [2.75, 3.05) is 5.32 Å². The van der Waals surface area contributed by atoms with E-state index in [1.807, 2.05) is 12.1 Å². The van der Waals surface area contributed by atoms with Gasteiger partial charge in [0.15, 0.2) is 0 Å². The molecule has 0 radical (unpaired) electrons. The molecule has 0 saturated heterocycles. The lowest BCUT2D eigenvalue weighted by Gasteiger charge is -2.14. The van der Waals surface area contributed by atoms with Crippen molar-refractivity contribution in [1.29, 1.82) is 0 Å². The van der Waals surface area contributed by atoms with Gasteiger partial charge in [-0.1, -0.05) is 33.6 Å². The molecule has 1 aliphatic rings. The highest BCUT2D eigenvalue weighted by atomic mass is 79.9. The van der Waals surface area contributed by atoms with Crippen molar-refractivity contribution in [2.24, 2.45) is 0 Å². The number of anilines is 1. The number of hydrogen-bond donors (Lipinski definition) is 1. The first-order valence-corrected chi connectivity index (χ1v) is 12.5. The highest BCUT2D eigenvalue weighted by Gasteiger charge is 2.25. The lowest BCUT2D eigenvalue weighted by molar-refractivity contribution is -0.116. The molecule has 0 bridgehead atoms. The molecule has 33 heavy (non-hydrogen) atoms. The molecule has 0 atom stereocenters. The first-order chi connectivity index (χ1) is 15.9. The van der Waals surface area contributed by atoms with Crippen molar-refractivity contribution in [2.45, 2.75) is 32.2 Å². The maximum absolute atomic E-state index is 13.6. The molecule has 1 N–H and O–H groups in total. The molecule has 2 aromatic heterocycles. The lowest BCUT2D eigenvalue weighted by atomic mass is 9.97. The molecule has 6 nitrogen and oxygen atoms in total. The number of halogens is 2. The SMILES string of the molecule is O=C(Cn1c(=O)n(-c2cccc(Cl)c2)c(=O)c2c3c(sc21)CCCC3)Nc1ccc(Br)cc1. The van der Waals surface area contributed by atoms with Crippen LogP contribution in [0.4, 0.5) is 5.69 Å². The fourth-order valence-corrected chi connectivity index (χ4v) is 6.05. The summed E-state index contributed by atoms with van der Waals surface area (Å²) in [6, 6.07) is 13.8. The van der Waals surface area contributed by atoms with Crippen LogP contribution in [0.25, 0.3) is 15.9 Å². The van der Waals surface area contributed by atoms with Gasteiger partial charge in [0, 0.05) is 20.1 Å². The molecule has 2 heterocycles. The van der Waals surface area contributed by atoms with Crippen molar-refractivity contribution in [1.82, 2.24) is 9.13 Å². The first-order valence-electron chi connectivity index (χ1n) is 10.5. The number of aromatic nitrogens is 2. The minimum absolute atomic E-state index is 0.203. The summed E-state index contributed by atoms with van der Waals surface area (Å²) in [6.45, 7) is -0.203. The number of carbonyl (C=O) groups excluding carboxylic acids is 1. The molecule has 0 fully saturated rings. The van der Waals surface area contributed by atoms with Crippen molar-refractivity contribution >= 4 is 60.7 Å². The average Bonchev–Trinajstić information content (AvgIpc) is 3.18. The number of rotatable bonds is 4. The fraction of sp³-hybridized carbons (Fsp3) is 0.208. The Labute approximate surface area is 206 Å². The summed E-state index contributed by atoms with van der Waals surface area (Å²) >= 11 is 11.0. The molecular weight excluding hydrogens is 526 g/mol. The zero-order valence-corrected chi connectivity index (χ0v) is 20.6. The predicted octanol–water partition coefficient (Wildman–Crippen LogP) is 5.15. The monoisotopic (exact) mass is 543 g/mol. The maximum atomic E-state index is 13.6. The Balaban J connectivity index is 1.67. The summed E-state index contributed by atoms with van der Waals surface area (Å²) in [6.07, 6.45) is 3.73. The summed E-state index contributed by atoms with van der Waals surface area (Å²) in [5.41, 5.74) is 1.10. The highest BCUT2D eigenvalue weighted by molar-refractivity contribution is 9.10. The van der Waals surface area contributed by atoms with E-state index < -0.39 is 5.69 Å². The van der Waals surface area contributed by atoms with Crippen LogP contribution in [0.5, 0.6) is 0 Å². The Bertz CT molecular complexity index is 1500. The molecule has 1 amide bonds. The van der Waals surface area contributed by atoms with Gasteiger partial charge in [-0.2, -0.15) is 0 Å². The summed E-state index contributed by atoms with van der Waals surface area (Å²) < 4.78 is 3.44. The Morgan fingerprint density at radius 2 is 1.85 bits per heavy atom. The largest absolute Gasteiger partial charge is 0.337 e. The van der Waals surface area contributed by atoms with E-state index in [2.05, 4.69) is 21.2 Å². The lowest BCUT2D eigenvalue weighted by Crippen LogP contribution is -2.40. The van der Waals surface area contributed by atoms with Crippen LogP contribution in [-0.4, -0.2) is 15.0 Å². The normalized spacial score (nSPS) is 13.2. The van der Waals surface area contributed by atoms with Gasteiger partial charge in [-0.15, -0.1) is 11.3 Å². The zero-order chi connectivity index (χ0) is 23.1. The smallest absolute Gasteiger partial charge is 0.325 e. The number of fused-ring (bicyclic) bond motifs is 3. The molecule has 5 rings (SSSR count). The van der Waals surface area contributed by atoms with E-state index in [4.69, 9.17) is 11.6 Å². The van der Waals surface area contributed by atoms with Crippen LogP contribution in [0.15, 0.2) is 62.6 Å². The Morgan fingerprint density at radius 1 is 1.09 bits per heavy atom. The third kappa shape index (κ3) is 4.18. The van der Waals surface area contributed by atoms with Crippen molar-refractivity contribution in [3.63, 3.8) is 0 Å². The predicted molar refractivity (Wildman–Crippen MR) is 136 cm³/mol. The van der Waals surface area contributed by atoms with Crippen molar-refractivity contribution in [3.8, 4) is 5.69 Å². The fourth-order valence-electron chi connectivity index (χ4n) is 4.23. The molecule has 0 spiro atoms. The van der Waals surface area contributed by atoms with Crippen LogP contribution < -0.4 is 16.6 Å². The minimum atomic E-state index is -0.556. The summed E-state index contributed by atoms with van der Waals surface area (Å²) in [7, 11) is 0. The standard InChI is InChI=1S/C24H19BrClN3O3S/c25-14-8-10-16(11-9-14)27-20(30)13-28-23-21(18-6-1-2-7-19(18)33-23)22(31)29(24(28)32)17-5-3-4-15(26)12-17/h3-5,8-12H,1-2,6-7,13H2,(H,27,30). The van der Waals surface area contributed by atoms with E-state index in [0.717, 1.165) is 45.2 Å². The zero-order valence-electron chi connectivity index (χ0n) is 17.4. The Kier molecular flexibility index (Phi) is 5.99. The van der Waals surface area contributed by atoms with Crippen LogP contribution in [0, 0.1) is 0 Å². The molecule has 2 aromatic carbocycles. The summed E-state index contributed by atoms with van der Waals surface area (Å²) in [4.78, 5) is 41.7. The van der Waals surface area contributed by atoms with Gasteiger partial charge < -0.3 is 5.32 Å². The summed E-state index contributed by atoms with van der Waals surface area (Å²) in [5, 5.41) is 3.79. The van der Waals surface area contributed by atoms with Crippen LogP contribution in [-0.2, 0) is 24.2 Å². The number of carbonyl (C=O) groups is 1. The van der Waals surface area contributed by atoms with Gasteiger partial charge in [0.25, 0.3) is 5.56 Å². The van der Waals surface area contributed by atoms with Gasteiger partial charge in [-0.3, -0.25) is 14.2 Å². The third-order valence-corrected chi connectivity index (χ3v) is 7.81. The third-order valence-electron chi connectivity index (χ3n) is 5.73. The molecule has 9 heteroatoms. The van der Waals surface area contributed by atoms with Gasteiger partial charge >= 0.3 is 5.69 Å². The Hall–Kier alpha value is -2.68. The van der Waals surface area contributed by atoms with Crippen LogP contribution in [0.2, 0.25) is 5.02 Å².